The number of carbonyl (C=O) groups excluding carboxylic acids is 1. The number of nitrogens with zero attached hydrogens (tertiary/aromatic N) is 2. The van der Waals surface area contributed by atoms with Crippen molar-refractivity contribution in [1.82, 2.24) is 14.9 Å². The van der Waals surface area contributed by atoms with E-state index in [4.69, 9.17) is 4.74 Å². The largest absolute Gasteiger partial charge is 0.444 e. The topological polar surface area (TPSA) is 75.3 Å². The van der Waals surface area contributed by atoms with Crippen LogP contribution in [0.1, 0.15) is 43.8 Å². The Morgan fingerprint density at radius 2 is 2.04 bits per heavy atom. The molecule has 0 saturated carbocycles. The van der Waals surface area contributed by atoms with E-state index in [-0.39, 0.29) is 5.56 Å². The molecule has 8 heteroatoms. The van der Waals surface area contributed by atoms with Crippen LogP contribution in [0.3, 0.4) is 0 Å². The Labute approximate surface area is 174 Å². The zero-order valence-electron chi connectivity index (χ0n) is 15.8. The molecule has 0 spiro atoms. The summed E-state index contributed by atoms with van der Waals surface area (Å²) in [6, 6.07) is 9.43. The number of halogens is 1. The molecule has 1 amide bonds. The van der Waals surface area contributed by atoms with E-state index in [1.54, 1.807) is 4.90 Å². The third-order valence-corrected chi connectivity index (χ3v) is 6.19. The number of thiophene rings is 1. The number of amides is 1. The first-order chi connectivity index (χ1) is 13.2. The molecule has 6 nitrogen and oxygen atoms in total. The van der Waals surface area contributed by atoms with Gasteiger partial charge in [0.15, 0.2) is 0 Å². The Morgan fingerprint density at radius 3 is 2.75 bits per heavy atom. The van der Waals surface area contributed by atoms with Crippen LogP contribution in [0.4, 0.5) is 4.79 Å². The number of hydrogen-bond donors (Lipinski definition) is 1. The summed E-state index contributed by atoms with van der Waals surface area (Å²) in [5.41, 5.74) is 2.03. The maximum absolute atomic E-state index is 12.9. The van der Waals surface area contributed by atoms with Crippen LogP contribution in [-0.4, -0.2) is 26.6 Å². The van der Waals surface area contributed by atoms with Crippen LogP contribution in [0.15, 0.2) is 38.9 Å². The van der Waals surface area contributed by atoms with Crippen molar-refractivity contribution in [2.75, 3.05) is 0 Å². The third kappa shape index (κ3) is 3.71. The van der Waals surface area contributed by atoms with E-state index in [1.165, 1.54) is 11.3 Å². The number of aromatic nitrogens is 2. The van der Waals surface area contributed by atoms with E-state index in [2.05, 4.69) is 25.9 Å². The highest BCUT2D eigenvalue weighted by atomic mass is 79.9. The Bertz CT molecular complexity index is 1120. The van der Waals surface area contributed by atoms with Crippen molar-refractivity contribution in [3.05, 3.63) is 61.4 Å². The number of nitrogens with one attached hydrogen (secondary N) is 1. The van der Waals surface area contributed by atoms with Crippen LogP contribution >= 0.6 is 27.3 Å². The number of benzene rings is 1. The molecule has 1 aromatic carbocycles. The SMILES string of the molecule is CC(C)(C)OC(=O)N1Cc2ccccc2CC1c1nc2cc(Br)sc2c(=O)[nH]1. The van der Waals surface area contributed by atoms with E-state index in [0.29, 0.717) is 29.0 Å². The molecule has 0 saturated heterocycles. The molecule has 0 fully saturated rings. The molecule has 1 aliphatic rings. The van der Waals surface area contributed by atoms with Gasteiger partial charge in [-0.1, -0.05) is 24.3 Å². The summed E-state index contributed by atoms with van der Waals surface area (Å²) in [6.45, 7) is 5.93. The lowest BCUT2D eigenvalue weighted by Crippen LogP contribution is -2.43. The quantitative estimate of drug-likeness (QED) is 0.565. The van der Waals surface area contributed by atoms with Gasteiger partial charge in [0.1, 0.15) is 16.1 Å². The molecule has 3 heterocycles. The van der Waals surface area contributed by atoms with Crippen molar-refractivity contribution in [2.24, 2.45) is 0 Å². The number of rotatable bonds is 1. The van der Waals surface area contributed by atoms with Crippen LogP contribution in [-0.2, 0) is 17.7 Å². The average molecular weight is 462 g/mol. The van der Waals surface area contributed by atoms with Gasteiger partial charge in [-0.25, -0.2) is 9.78 Å². The molecule has 0 aliphatic carbocycles. The van der Waals surface area contributed by atoms with Crippen LogP contribution in [0.5, 0.6) is 0 Å². The first kappa shape index (κ1) is 19.1. The fourth-order valence-corrected chi connectivity index (χ4v) is 4.79. The van der Waals surface area contributed by atoms with Gasteiger partial charge in [-0.2, -0.15) is 0 Å². The van der Waals surface area contributed by atoms with Gasteiger partial charge in [-0.05, 0) is 53.9 Å². The molecule has 3 aromatic rings. The number of fused-ring (bicyclic) bond motifs is 2. The molecular weight excluding hydrogens is 442 g/mol. The van der Waals surface area contributed by atoms with Crippen molar-refractivity contribution in [1.29, 1.82) is 0 Å². The van der Waals surface area contributed by atoms with Gasteiger partial charge < -0.3 is 9.72 Å². The predicted molar refractivity (Wildman–Crippen MR) is 113 cm³/mol. The summed E-state index contributed by atoms with van der Waals surface area (Å²) < 4.78 is 7.04. The van der Waals surface area contributed by atoms with Crippen LogP contribution in [0, 0.1) is 0 Å². The Kier molecular flexibility index (Phi) is 4.79. The molecule has 2 aromatic heterocycles. The minimum absolute atomic E-state index is 0.196. The lowest BCUT2D eigenvalue weighted by atomic mass is 9.94. The molecule has 28 heavy (non-hydrogen) atoms. The zero-order chi connectivity index (χ0) is 20.1. The molecule has 146 valence electrons. The standard InChI is InChI=1S/C20H20BrN3O3S/c1-20(2,3)27-19(26)24-10-12-7-5-4-6-11(12)8-14(24)17-22-13-9-15(21)28-16(13)18(25)23-17/h4-7,9,14H,8,10H2,1-3H3,(H,22,23,25). The third-order valence-electron chi connectivity index (χ3n) is 4.56. The summed E-state index contributed by atoms with van der Waals surface area (Å²) in [7, 11) is 0. The van der Waals surface area contributed by atoms with Gasteiger partial charge in [0, 0.05) is 6.42 Å². The molecule has 4 rings (SSSR count). The lowest BCUT2D eigenvalue weighted by molar-refractivity contribution is 0.0106. The van der Waals surface area contributed by atoms with Crippen molar-refractivity contribution < 1.29 is 9.53 Å². The van der Waals surface area contributed by atoms with E-state index in [0.717, 1.165) is 14.9 Å². The summed E-state index contributed by atoms with van der Waals surface area (Å²) in [5.74, 6) is 0.475. The smallest absolute Gasteiger partial charge is 0.411 e. The average Bonchev–Trinajstić information content (AvgIpc) is 3.00. The minimum atomic E-state index is -0.610. The molecule has 0 bridgehead atoms. The highest BCUT2D eigenvalue weighted by molar-refractivity contribution is 9.11. The Balaban J connectivity index is 1.79. The fraction of sp³-hybridized carbons (Fsp3) is 0.350. The summed E-state index contributed by atoms with van der Waals surface area (Å²) in [5, 5.41) is 0. The van der Waals surface area contributed by atoms with E-state index in [1.807, 2.05) is 51.1 Å². The number of H-pyrrole nitrogens is 1. The molecule has 1 atom stereocenters. The highest BCUT2D eigenvalue weighted by Gasteiger charge is 2.35. The second kappa shape index (κ2) is 7.00. The summed E-state index contributed by atoms with van der Waals surface area (Å²) >= 11 is 4.75. The van der Waals surface area contributed by atoms with Crippen molar-refractivity contribution in [3.63, 3.8) is 0 Å². The van der Waals surface area contributed by atoms with Gasteiger partial charge in [0.25, 0.3) is 5.56 Å². The normalized spacial score (nSPS) is 16.9. The number of hydrogen-bond acceptors (Lipinski definition) is 5. The zero-order valence-corrected chi connectivity index (χ0v) is 18.2. The number of ether oxygens (including phenoxy) is 1. The first-order valence-electron chi connectivity index (χ1n) is 8.97. The number of aromatic amines is 1. The highest BCUT2D eigenvalue weighted by Crippen LogP contribution is 2.34. The van der Waals surface area contributed by atoms with Gasteiger partial charge in [-0.15, -0.1) is 11.3 Å². The first-order valence-corrected chi connectivity index (χ1v) is 10.6. The monoisotopic (exact) mass is 461 g/mol. The molecule has 1 aliphatic heterocycles. The number of carbonyl (C=O) groups is 1. The summed E-state index contributed by atoms with van der Waals surface area (Å²) in [6.07, 6.45) is 0.149. The van der Waals surface area contributed by atoms with E-state index >= 15 is 0 Å². The van der Waals surface area contributed by atoms with Crippen LogP contribution in [0.25, 0.3) is 10.2 Å². The second-order valence-electron chi connectivity index (χ2n) is 7.81. The fourth-order valence-electron chi connectivity index (χ4n) is 3.37. The second-order valence-corrected chi connectivity index (χ2v) is 10.2. The van der Waals surface area contributed by atoms with E-state index in [9.17, 15) is 9.59 Å². The maximum Gasteiger partial charge on any atom is 0.411 e. The van der Waals surface area contributed by atoms with Crippen LogP contribution in [0.2, 0.25) is 0 Å². The van der Waals surface area contributed by atoms with Crippen molar-refractivity contribution in [3.8, 4) is 0 Å². The van der Waals surface area contributed by atoms with E-state index < -0.39 is 17.7 Å². The van der Waals surface area contributed by atoms with Crippen molar-refractivity contribution >= 4 is 43.6 Å². The minimum Gasteiger partial charge on any atom is -0.444 e. The van der Waals surface area contributed by atoms with Crippen LogP contribution < -0.4 is 5.56 Å². The van der Waals surface area contributed by atoms with Crippen molar-refractivity contribution in [2.45, 2.75) is 45.4 Å². The lowest BCUT2D eigenvalue weighted by Gasteiger charge is -2.37. The van der Waals surface area contributed by atoms with Gasteiger partial charge in [0.2, 0.25) is 0 Å². The van der Waals surface area contributed by atoms with Gasteiger partial charge in [-0.3, -0.25) is 9.69 Å². The summed E-state index contributed by atoms with van der Waals surface area (Å²) in [4.78, 5) is 34.7. The van der Waals surface area contributed by atoms with Gasteiger partial charge >= 0.3 is 6.09 Å². The maximum atomic E-state index is 12.9. The molecule has 1 unspecified atom stereocenters. The molecule has 0 radical (unpaired) electrons. The molecule has 1 N–H and O–H groups in total. The predicted octanol–water partition coefficient (Wildman–Crippen LogP) is 4.78. The Hall–Kier alpha value is -2.19. The molecular formula is C20H20BrN3O3S. The van der Waals surface area contributed by atoms with Gasteiger partial charge in [0.05, 0.1) is 21.9 Å². The Morgan fingerprint density at radius 1 is 1.32 bits per heavy atom.